The number of carbonyl (C=O) groups is 3. The molecule has 0 aromatic heterocycles. The first-order valence-corrected chi connectivity index (χ1v) is 8.88. The van der Waals surface area contributed by atoms with Crippen LogP contribution < -0.4 is 4.90 Å². The van der Waals surface area contributed by atoms with Crippen LogP contribution in [0.1, 0.15) is 56.4 Å². The van der Waals surface area contributed by atoms with Gasteiger partial charge in [-0.15, -0.1) is 0 Å². The highest BCUT2D eigenvalue weighted by Crippen LogP contribution is 2.32. The lowest BCUT2D eigenvalue weighted by Gasteiger charge is -2.25. The largest absolute Gasteiger partial charge is 0.370 e. The number of amides is 2. The molecule has 2 aromatic carbocycles. The minimum absolute atomic E-state index is 0.0711. The Morgan fingerprint density at radius 1 is 1.00 bits per heavy atom. The van der Waals surface area contributed by atoms with Gasteiger partial charge in [-0.25, -0.2) is 4.90 Å². The van der Waals surface area contributed by atoms with Gasteiger partial charge in [-0.2, -0.15) is 0 Å². The van der Waals surface area contributed by atoms with Crippen LogP contribution in [0.15, 0.2) is 42.5 Å². The van der Waals surface area contributed by atoms with Gasteiger partial charge in [0.2, 0.25) is 0 Å². The molecule has 0 saturated carbocycles. The molecule has 0 fully saturated rings. The van der Waals surface area contributed by atoms with Crippen molar-refractivity contribution in [1.29, 1.82) is 0 Å². The number of Topliss-reactive ketones (excluding diaryl/α,β-unsaturated/α-hetero) is 1. The predicted octanol–water partition coefficient (Wildman–Crippen LogP) is 3.41. The number of carbonyl (C=O) groups excluding carboxylic acids is 3. The molecule has 1 aliphatic carbocycles. The summed E-state index contributed by atoms with van der Waals surface area (Å²) in [6.45, 7) is 2.55. The highest BCUT2D eigenvalue weighted by atomic mass is 16.5. The monoisotopic (exact) mass is 349 g/mol. The Morgan fingerprint density at radius 3 is 2.35 bits per heavy atom. The molecule has 2 amide bonds. The minimum Gasteiger partial charge on any atom is -0.370 e. The van der Waals surface area contributed by atoms with Crippen molar-refractivity contribution in [3.63, 3.8) is 0 Å². The minimum atomic E-state index is -0.445. The molecule has 1 aliphatic heterocycles. The summed E-state index contributed by atoms with van der Waals surface area (Å²) in [5, 5.41) is 0. The Hall–Kier alpha value is -2.79. The van der Waals surface area contributed by atoms with Gasteiger partial charge in [0.15, 0.2) is 5.78 Å². The number of rotatable bonds is 4. The third kappa shape index (κ3) is 2.56. The number of hydrogen-bond donors (Lipinski definition) is 0. The van der Waals surface area contributed by atoms with Crippen LogP contribution in [-0.2, 0) is 11.2 Å². The smallest absolute Gasteiger partial charge is 0.266 e. The van der Waals surface area contributed by atoms with E-state index in [1.165, 1.54) is 0 Å². The highest BCUT2D eigenvalue weighted by Gasteiger charge is 2.37. The predicted molar refractivity (Wildman–Crippen MR) is 96.7 cm³/mol. The fourth-order valence-corrected chi connectivity index (χ4v) is 3.58. The number of benzene rings is 2. The zero-order chi connectivity index (χ0) is 18.3. The summed E-state index contributed by atoms with van der Waals surface area (Å²) in [5.41, 5.74) is 2.70. The Labute approximate surface area is 151 Å². The van der Waals surface area contributed by atoms with Crippen LogP contribution in [0.3, 0.4) is 0 Å². The van der Waals surface area contributed by atoms with Crippen LogP contribution in [-0.4, -0.2) is 30.3 Å². The van der Waals surface area contributed by atoms with Crippen molar-refractivity contribution in [3.05, 3.63) is 64.7 Å². The molecule has 5 heteroatoms. The van der Waals surface area contributed by atoms with Crippen LogP contribution in [0.5, 0.6) is 0 Å². The lowest BCUT2D eigenvalue weighted by molar-refractivity contribution is 0.0359. The van der Waals surface area contributed by atoms with Crippen LogP contribution in [0, 0.1) is 0 Å². The van der Waals surface area contributed by atoms with E-state index in [0.717, 1.165) is 23.3 Å². The van der Waals surface area contributed by atoms with Gasteiger partial charge < -0.3 is 4.74 Å². The van der Waals surface area contributed by atoms with Crippen LogP contribution in [0.2, 0.25) is 0 Å². The molecule has 0 radical (unpaired) electrons. The zero-order valence-electron chi connectivity index (χ0n) is 14.5. The second-order valence-corrected chi connectivity index (χ2v) is 6.60. The maximum atomic E-state index is 12.8. The molecule has 4 rings (SSSR count). The van der Waals surface area contributed by atoms with E-state index >= 15 is 0 Å². The van der Waals surface area contributed by atoms with E-state index in [4.69, 9.17) is 4.74 Å². The summed E-state index contributed by atoms with van der Waals surface area (Å²) in [4.78, 5) is 39.2. The first-order chi connectivity index (χ1) is 12.6. The summed E-state index contributed by atoms with van der Waals surface area (Å²) >= 11 is 0. The molecule has 2 aromatic rings. The van der Waals surface area contributed by atoms with Gasteiger partial charge in [0.05, 0.1) is 16.8 Å². The average molecular weight is 349 g/mol. The first kappa shape index (κ1) is 16.7. The summed E-state index contributed by atoms with van der Waals surface area (Å²) < 4.78 is 5.66. The lowest BCUT2D eigenvalue weighted by Crippen LogP contribution is -2.32. The summed E-state index contributed by atoms with van der Waals surface area (Å²) in [7, 11) is 0. The second kappa shape index (κ2) is 6.50. The normalized spacial score (nSPS) is 18.9. The summed E-state index contributed by atoms with van der Waals surface area (Å²) in [6.07, 6.45) is 1.82. The molecule has 1 heterocycles. The van der Waals surface area contributed by atoms with Crippen molar-refractivity contribution >= 4 is 23.3 Å². The maximum absolute atomic E-state index is 12.8. The third-order valence-corrected chi connectivity index (χ3v) is 4.90. The van der Waals surface area contributed by atoms with E-state index in [0.29, 0.717) is 35.4 Å². The Bertz CT molecular complexity index is 883. The zero-order valence-corrected chi connectivity index (χ0v) is 14.5. The fraction of sp³-hybridized carbons (Fsp3) is 0.286. The number of aryl methyl sites for hydroxylation is 1. The molecule has 0 saturated heterocycles. The topological polar surface area (TPSA) is 63.7 Å². The molecular formula is C21H19NO4. The SMILES string of the molecule is CCCOC1CCc2ccc(N3C(=O)c4ccccc4C3=O)cc2C1=O. The quantitative estimate of drug-likeness (QED) is 0.794. The highest BCUT2D eigenvalue weighted by molar-refractivity contribution is 6.34. The van der Waals surface area contributed by atoms with Crippen molar-refractivity contribution in [2.75, 3.05) is 11.5 Å². The number of nitrogens with zero attached hydrogens (tertiary/aromatic N) is 1. The third-order valence-electron chi connectivity index (χ3n) is 4.90. The van der Waals surface area contributed by atoms with Crippen molar-refractivity contribution in [2.45, 2.75) is 32.3 Å². The molecule has 1 unspecified atom stereocenters. The molecule has 2 aliphatic rings. The van der Waals surface area contributed by atoms with E-state index in [1.54, 1.807) is 36.4 Å². The maximum Gasteiger partial charge on any atom is 0.266 e. The Kier molecular flexibility index (Phi) is 4.17. The van der Waals surface area contributed by atoms with E-state index in [1.807, 2.05) is 13.0 Å². The van der Waals surface area contributed by atoms with Crippen LogP contribution >= 0.6 is 0 Å². The number of hydrogen-bond acceptors (Lipinski definition) is 4. The van der Waals surface area contributed by atoms with E-state index in [-0.39, 0.29) is 17.6 Å². The molecule has 5 nitrogen and oxygen atoms in total. The van der Waals surface area contributed by atoms with Gasteiger partial charge >= 0.3 is 0 Å². The number of ketones is 1. The number of imide groups is 1. The first-order valence-electron chi connectivity index (χ1n) is 8.88. The molecular weight excluding hydrogens is 330 g/mol. The molecule has 26 heavy (non-hydrogen) atoms. The van der Waals surface area contributed by atoms with Crippen molar-refractivity contribution in [1.82, 2.24) is 0 Å². The van der Waals surface area contributed by atoms with Gasteiger partial charge in [0.1, 0.15) is 6.10 Å². The summed E-state index contributed by atoms with van der Waals surface area (Å²) in [5.74, 6) is -0.779. The fourth-order valence-electron chi connectivity index (χ4n) is 3.58. The lowest BCUT2D eigenvalue weighted by atomic mass is 9.88. The van der Waals surface area contributed by atoms with E-state index in [9.17, 15) is 14.4 Å². The van der Waals surface area contributed by atoms with Crippen molar-refractivity contribution in [3.8, 4) is 0 Å². The van der Waals surface area contributed by atoms with Crippen LogP contribution in [0.25, 0.3) is 0 Å². The van der Waals surface area contributed by atoms with Gasteiger partial charge in [0.25, 0.3) is 11.8 Å². The molecule has 1 atom stereocenters. The second-order valence-electron chi connectivity index (χ2n) is 6.60. The molecule has 0 spiro atoms. The van der Waals surface area contributed by atoms with E-state index < -0.39 is 6.10 Å². The van der Waals surface area contributed by atoms with Crippen molar-refractivity contribution in [2.24, 2.45) is 0 Å². The van der Waals surface area contributed by atoms with Crippen molar-refractivity contribution < 1.29 is 19.1 Å². The number of anilines is 1. The molecule has 132 valence electrons. The molecule has 0 N–H and O–H groups in total. The van der Waals surface area contributed by atoms with Gasteiger partial charge in [-0.3, -0.25) is 14.4 Å². The Balaban J connectivity index is 1.69. The average Bonchev–Trinajstić information content (AvgIpc) is 2.92. The van der Waals surface area contributed by atoms with Gasteiger partial charge in [-0.1, -0.05) is 25.1 Å². The van der Waals surface area contributed by atoms with Gasteiger partial charge in [0, 0.05) is 12.2 Å². The standard InChI is InChI=1S/C21H19NO4/c1-2-11-26-18-10-8-13-7-9-14(12-17(13)19(18)23)22-20(24)15-5-3-4-6-16(15)21(22)25/h3-7,9,12,18H,2,8,10-11H2,1H3. The van der Waals surface area contributed by atoms with Gasteiger partial charge in [-0.05, 0) is 49.1 Å². The number of fused-ring (bicyclic) bond motifs is 2. The summed E-state index contributed by atoms with van der Waals surface area (Å²) in [6, 6.07) is 12.0. The number of ether oxygens (including phenoxy) is 1. The van der Waals surface area contributed by atoms with Crippen LogP contribution in [0.4, 0.5) is 5.69 Å². The van der Waals surface area contributed by atoms with E-state index in [2.05, 4.69) is 0 Å². The Morgan fingerprint density at radius 2 is 1.69 bits per heavy atom. The molecule has 0 bridgehead atoms.